The summed E-state index contributed by atoms with van der Waals surface area (Å²) in [5.41, 5.74) is 1.71. The molecule has 0 N–H and O–H groups in total. The van der Waals surface area contributed by atoms with Crippen LogP contribution in [-0.4, -0.2) is 4.57 Å². The molecule has 0 atom stereocenters. The van der Waals surface area contributed by atoms with Crippen molar-refractivity contribution < 1.29 is 4.39 Å². The van der Waals surface area contributed by atoms with Gasteiger partial charge in [0.15, 0.2) is 0 Å². The molecule has 0 unspecified atom stereocenters. The molecular weight excluding hydrogens is 305 g/mol. The zero-order valence-corrected chi connectivity index (χ0v) is 11.9. The average molecular weight is 316 g/mol. The monoisotopic (exact) mass is 315 g/mol. The molecule has 2 nitrogen and oxygen atoms in total. The summed E-state index contributed by atoms with van der Waals surface area (Å²) in [5.74, 6) is -0.305. The molecule has 0 radical (unpaired) electrons. The summed E-state index contributed by atoms with van der Waals surface area (Å²) in [6.45, 7) is 4.21. The van der Waals surface area contributed by atoms with Gasteiger partial charge >= 0.3 is 4.87 Å². The van der Waals surface area contributed by atoms with E-state index in [-0.39, 0.29) is 10.7 Å². The molecule has 0 fully saturated rings. The first-order valence-electron chi connectivity index (χ1n) is 5.10. The lowest BCUT2D eigenvalue weighted by molar-refractivity contribution is 0.615. The predicted molar refractivity (Wildman–Crippen MR) is 71.3 cm³/mol. The molecule has 90 valence electrons. The normalized spacial score (nSPS) is 10.8. The highest BCUT2D eigenvalue weighted by molar-refractivity contribution is 9.10. The first kappa shape index (κ1) is 12.5. The second-order valence-corrected chi connectivity index (χ2v) is 5.77. The van der Waals surface area contributed by atoms with Crippen LogP contribution in [0.25, 0.3) is 0 Å². The van der Waals surface area contributed by atoms with Gasteiger partial charge < -0.3 is 0 Å². The second kappa shape index (κ2) is 4.74. The zero-order valence-electron chi connectivity index (χ0n) is 9.46. The van der Waals surface area contributed by atoms with Gasteiger partial charge in [0.1, 0.15) is 5.82 Å². The average Bonchev–Trinajstić information content (AvgIpc) is 2.51. The lowest BCUT2D eigenvalue weighted by Gasteiger charge is -2.07. The number of halogens is 2. The van der Waals surface area contributed by atoms with E-state index < -0.39 is 0 Å². The fourth-order valence-electron chi connectivity index (χ4n) is 1.61. The van der Waals surface area contributed by atoms with Crippen LogP contribution in [0.15, 0.2) is 27.5 Å². The van der Waals surface area contributed by atoms with Crippen LogP contribution in [-0.2, 0) is 6.54 Å². The molecular formula is C12H11BrFNOS. The Labute approximate surface area is 111 Å². The fourth-order valence-corrected chi connectivity index (χ4v) is 2.83. The topological polar surface area (TPSA) is 22.0 Å². The molecule has 0 saturated heterocycles. The van der Waals surface area contributed by atoms with E-state index in [0.29, 0.717) is 11.0 Å². The van der Waals surface area contributed by atoms with Crippen molar-refractivity contribution in [1.29, 1.82) is 0 Å². The van der Waals surface area contributed by atoms with E-state index in [1.54, 1.807) is 10.6 Å². The number of hydrogen-bond acceptors (Lipinski definition) is 2. The van der Waals surface area contributed by atoms with Gasteiger partial charge in [0.05, 0.1) is 11.0 Å². The summed E-state index contributed by atoms with van der Waals surface area (Å²) < 4.78 is 15.4. The maximum Gasteiger partial charge on any atom is 0.307 e. The molecule has 0 bridgehead atoms. The summed E-state index contributed by atoms with van der Waals surface area (Å²) >= 11 is 4.43. The van der Waals surface area contributed by atoms with Crippen LogP contribution in [0.4, 0.5) is 4.39 Å². The van der Waals surface area contributed by atoms with Gasteiger partial charge in [-0.25, -0.2) is 4.39 Å². The number of hydrogen-bond donors (Lipinski definition) is 0. The van der Waals surface area contributed by atoms with Crippen molar-refractivity contribution >= 4 is 27.3 Å². The highest BCUT2D eigenvalue weighted by Gasteiger charge is 2.11. The van der Waals surface area contributed by atoms with Gasteiger partial charge in [0.2, 0.25) is 0 Å². The van der Waals surface area contributed by atoms with Gasteiger partial charge in [-0.15, -0.1) is 0 Å². The smallest absolute Gasteiger partial charge is 0.299 e. The van der Waals surface area contributed by atoms with E-state index in [1.807, 2.05) is 19.9 Å². The van der Waals surface area contributed by atoms with Crippen LogP contribution < -0.4 is 4.87 Å². The molecule has 1 aromatic carbocycles. The molecule has 0 aliphatic rings. The van der Waals surface area contributed by atoms with Crippen molar-refractivity contribution in [2.45, 2.75) is 20.4 Å². The molecule has 2 aromatic rings. The quantitative estimate of drug-likeness (QED) is 0.831. The Kier molecular flexibility index (Phi) is 3.49. The largest absolute Gasteiger partial charge is 0.307 e. The van der Waals surface area contributed by atoms with E-state index in [9.17, 15) is 9.18 Å². The van der Waals surface area contributed by atoms with Crippen molar-refractivity contribution in [3.8, 4) is 0 Å². The Bertz CT molecular complexity index is 617. The summed E-state index contributed by atoms with van der Waals surface area (Å²) in [6.07, 6.45) is 0. The van der Waals surface area contributed by atoms with Gasteiger partial charge in [-0.2, -0.15) is 0 Å². The molecule has 0 spiro atoms. The number of nitrogens with zero attached hydrogens (tertiary/aromatic N) is 1. The Morgan fingerprint density at radius 3 is 2.71 bits per heavy atom. The van der Waals surface area contributed by atoms with Crippen LogP contribution in [0, 0.1) is 19.7 Å². The highest BCUT2D eigenvalue weighted by atomic mass is 79.9. The molecule has 0 saturated carbocycles. The Morgan fingerprint density at radius 1 is 1.41 bits per heavy atom. The maximum atomic E-state index is 13.4. The fraction of sp³-hybridized carbons (Fsp3) is 0.250. The molecule has 0 aliphatic carbocycles. The standard InChI is InChI=1S/C12H11BrFNOS/c1-7-8(2)17-12(16)15(7)6-9-4-3-5-10(14)11(9)13/h3-5H,6H2,1-2H3. The van der Waals surface area contributed by atoms with E-state index in [0.717, 1.165) is 16.1 Å². The van der Waals surface area contributed by atoms with Gasteiger partial charge in [-0.05, 0) is 41.4 Å². The third kappa shape index (κ3) is 2.35. The summed E-state index contributed by atoms with van der Waals surface area (Å²) in [7, 11) is 0. The van der Waals surface area contributed by atoms with Crippen molar-refractivity contribution in [2.24, 2.45) is 0 Å². The van der Waals surface area contributed by atoms with E-state index in [2.05, 4.69) is 15.9 Å². The van der Waals surface area contributed by atoms with Crippen molar-refractivity contribution in [3.05, 3.63) is 54.3 Å². The number of thiazole rings is 1. The third-order valence-corrected chi connectivity index (χ3v) is 4.62. The van der Waals surface area contributed by atoms with Crippen molar-refractivity contribution in [2.75, 3.05) is 0 Å². The number of benzene rings is 1. The summed E-state index contributed by atoms with van der Waals surface area (Å²) in [6, 6.07) is 4.85. The minimum Gasteiger partial charge on any atom is -0.299 e. The number of rotatable bonds is 2. The first-order chi connectivity index (χ1) is 8.00. The van der Waals surface area contributed by atoms with Gasteiger partial charge in [0.25, 0.3) is 0 Å². The van der Waals surface area contributed by atoms with Gasteiger partial charge in [-0.1, -0.05) is 23.5 Å². The van der Waals surface area contributed by atoms with E-state index >= 15 is 0 Å². The number of aryl methyl sites for hydroxylation is 1. The Morgan fingerprint density at radius 2 is 2.12 bits per heavy atom. The molecule has 1 aromatic heterocycles. The zero-order chi connectivity index (χ0) is 12.6. The highest BCUT2D eigenvalue weighted by Crippen LogP contribution is 2.22. The molecule has 0 amide bonds. The minimum atomic E-state index is -0.305. The molecule has 0 aliphatic heterocycles. The maximum absolute atomic E-state index is 13.4. The van der Waals surface area contributed by atoms with Crippen molar-refractivity contribution in [1.82, 2.24) is 4.57 Å². The SMILES string of the molecule is Cc1sc(=O)n(Cc2cccc(F)c2Br)c1C. The lowest BCUT2D eigenvalue weighted by Crippen LogP contribution is -2.15. The minimum absolute atomic E-state index is 0.00355. The molecule has 5 heteroatoms. The molecule has 17 heavy (non-hydrogen) atoms. The summed E-state index contributed by atoms with van der Waals surface area (Å²) in [4.78, 5) is 12.7. The van der Waals surface area contributed by atoms with E-state index in [4.69, 9.17) is 0 Å². The molecule has 1 heterocycles. The molecule has 2 rings (SSSR count). The second-order valence-electron chi connectivity index (χ2n) is 3.81. The van der Waals surface area contributed by atoms with Crippen LogP contribution in [0.1, 0.15) is 16.1 Å². The van der Waals surface area contributed by atoms with Crippen molar-refractivity contribution in [3.63, 3.8) is 0 Å². The third-order valence-electron chi connectivity index (χ3n) is 2.74. The van der Waals surface area contributed by atoms with Gasteiger partial charge in [0, 0.05) is 10.6 Å². The van der Waals surface area contributed by atoms with Crippen LogP contribution in [0.3, 0.4) is 0 Å². The first-order valence-corrected chi connectivity index (χ1v) is 6.71. The lowest BCUT2D eigenvalue weighted by atomic mass is 10.2. The Hall–Kier alpha value is -0.940. The van der Waals surface area contributed by atoms with Gasteiger partial charge in [-0.3, -0.25) is 9.36 Å². The number of aromatic nitrogens is 1. The van der Waals surface area contributed by atoms with Crippen LogP contribution >= 0.6 is 27.3 Å². The Balaban J connectivity index is 2.45. The predicted octanol–water partition coefficient (Wildman–Crippen LogP) is 3.48. The summed E-state index contributed by atoms with van der Waals surface area (Å²) in [5, 5.41) is 0. The van der Waals surface area contributed by atoms with E-state index in [1.165, 1.54) is 17.4 Å². The van der Waals surface area contributed by atoms with Crippen LogP contribution in [0.5, 0.6) is 0 Å². The van der Waals surface area contributed by atoms with Crippen LogP contribution in [0.2, 0.25) is 0 Å².